The van der Waals surface area contributed by atoms with Crippen LogP contribution < -0.4 is 14.4 Å². The quantitative estimate of drug-likeness (QED) is 0.355. The third kappa shape index (κ3) is 6.46. The van der Waals surface area contributed by atoms with Gasteiger partial charge in [-0.25, -0.2) is 13.1 Å². The monoisotopic (exact) mass is 656 g/mol. The fourth-order valence-corrected chi connectivity index (χ4v) is 9.15. The van der Waals surface area contributed by atoms with E-state index >= 15 is 0 Å². The highest BCUT2D eigenvalue weighted by Gasteiger charge is 2.44. The maximum absolute atomic E-state index is 13.5. The Morgan fingerprint density at radius 2 is 2.00 bits per heavy atom. The smallest absolute Gasteiger partial charge is 0.306 e. The van der Waals surface area contributed by atoms with Gasteiger partial charge in [0.2, 0.25) is 10.0 Å². The van der Waals surface area contributed by atoms with Gasteiger partial charge in [0.15, 0.2) is 0 Å². The van der Waals surface area contributed by atoms with Crippen LogP contribution in [0.4, 0.5) is 5.69 Å². The SMILES string of the molecule is COC(=O)C[C@@H]1CC/C=C/[C@H](OC)[C@@H]2CC[C@H]2CN2C[C@@]3(CCCc4cc(Cl)ccc43)COc3ccc(cc32)C(=O)NS1(=O)=O. The number of sulfonamides is 1. The van der Waals surface area contributed by atoms with E-state index in [2.05, 4.69) is 21.8 Å². The number of fused-ring (bicyclic) bond motifs is 4. The summed E-state index contributed by atoms with van der Waals surface area (Å²) in [6.45, 7) is 1.93. The Kier molecular flexibility index (Phi) is 9.19. The number of aryl methyl sites for hydroxylation is 1. The van der Waals surface area contributed by atoms with Crippen molar-refractivity contribution in [2.45, 2.75) is 68.1 Å². The highest BCUT2D eigenvalue weighted by atomic mass is 35.5. The number of ether oxygens (including phenoxy) is 3. The molecule has 9 nitrogen and oxygen atoms in total. The first-order valence-electron chi connectivity index (χ1n) is 15.8. The number of benzene rings is 2. The Hall–Kier alpha value is -3.08. The van der Waals surface area contributed by atoms with Gasteiger partial charge in [0.05, 0.1) is 37.2 Å². The number of hydrogen-bond donors (Lipinski definition) is 1. The molecule has 1 N–H and O–H groups in total. The number of hydrogen-bond acceptors (Lipinski definition) is 8. The van der Waals surface area contributed by atoms with E-state index < -0.39 is 27.1 Å². The molecule has 2 heterocycles. The lowest BCUT2D eigenvalue weighted by molar-refractivity contribution is -0.140. The molecule has 1 spiro atoms. The van der Waals surface area contributed by atoms with E-state index in [0.29, 0.717) is 37.2 Å². The van der Waals surface area contributed by atoms with Gasteiger partial charge in [0.1, 0.15) is 5.75 Å². The van der Waals surface area contributed by atoms with Crippen molar-refractivity contribution in [1.82, 2.24) is 4.72 Å². The molecule has 2 aromatic rings. The summed E-state index contributed by atoms with van der Waals surface area (Å²) < 4.78 is 46.4. The normalized spacial score (nSPS) is 30.0. The molecular weight excluding hydrogens is 616 g/mol. The number of halogens is 1. The minimum Gasteiger partial charge on any atom is -0.490 e. The van der Waals surface area contributed by atoms with Crippen LogP contribution in [0.1, 0.15) is 66.4 Å². The van der Waals surface area contributed by atoms with Crippen molar-refractivity contribution < 1.29 is 32.2 Å². The van der Waals surface area contributed by atoms with Gasteiger partial charge in [-0.1, -0.05) is 29.8 Å². The van der Waals surface area contributed by atoms with Gasteiger partial charge < -0.3 is 19.1 Å². The molecule has 4 aliphatic rings. The third-order valence-electron chi connectivity index (χ3n) is 10.2. The van der Waals surface area contributed by atoms with Gasteiger partial charge in [-0.3, -0.25) is 9.59 Å². The summed E-state index contributed by atoms with van der Waals surface area (Å²) >= 11 is 6.40. The molecule has 2 bridgehead atoms. The van der Waals surface area contributed by atoms with E-state index in [9.17, 15) is 18.0 Å². The van der Waals surface area contributed by atoms with E-state index in [1.807, 2.05) is 18.2 Å². The van der Waals surface area contributed by atoms with Crippen molar-refractivity contribution in [3.63, 3.8) is 0 Å². The van der Waals surface area contributed by atoms with Crippen molar-refractivity contribution >= 4 is 39.2 Å². The maximum atomic E-state index is 13.5. The van der Waals surface area contributed by atoms with Gasteiger partial charge in [0, 0.05) is 36.2 Å². The highest BCUT2D eigenvalue weighted by molar-refractivity contribution is 7.90. The minimum atomic E-state index is -4.20. The lowest BCUT2D eigenvalue weighted by atomic mass is 9.68. The Bertz CT molecular complexity index is 1590. The average molecular weight is 657 g/mol. The second-order valence-electron chi connectivity index (χ2n) is 12.9. The van der Waals surface area contributed by atoms with Crippen LogP contribution in [0, 0.1) is 11.8 Å². The van der Waals surface area contributed by atoms with Crippen molar-refractivity contribution in [1.29, 1.82) is 0 Å². The second kappa shape index (κ2) is 13.0. The zero-order valence-corrected chi connectivity index (χ0v) is 27.4. The highest BCUT2D eigenvalue weighted by Crippen LogP contribution is 2.47. The lowest BCUT2D eigenvalue weighted by Crippen LogP contribution is -2.49. The Morgan fingerprint density at radius 3 is 2.76 bits per heavy atom. The fraction of sp³-hybridized carbons (Fsp3) is 0.529. The third-order valence-corrected chi connectivity index (χ3v) is 12.2. The summed E-state index contributed by atoms with van der Waals surface area (Å²) in [6, 6.07) is 11.3. The second-order valence-corrected chi connectivity index (χ2v) is 15.3. The molecule has 0 saturated heterocycles. The predicted octanol–water partition coefficient (Wildman–Crippen LogP) is 5.20. The summed E-state index contributed by atoms with van der Waals surface area (Å²) in [5, 5.41) is -0.409. The van der Waals surface area contributed by atoms with Crippen molar-refractivity contribution in [2.75, 3.05) is 38.8 Å². The first-order valence-corrected chi connectivity index (χ1v) is 17.7. The molecule has 45 heavy (non-hydrogen) atoms. The van der Waals surface area contributed by atoms with Gasteiger partial charge in [-0.2, -0.15) is 0 Å². The van der Waals surface area contributed by atoms with Crippen LogP contribution in [0.2, 0.25) is 5.02 Å². The summed E-state index contributed by atoms with van der Waals surface area (Å²) in [6.07, 6.45) is 9.05. The molecule has 11 heteroatoms. The first kappa shape index (κ1) is 31.9. The van der Waals surface area contributed by atoms with Crippen LogP contribution >= 0.6 is 11.6 Å². The van der Waals surface area contributed by atoms with Crippen LogP contribution in [0.25, 0.3) is 0 Å². The van der Waals surface area contributed by atoms with Crippen LogP contribution in [0.5, 0.6) is 5.75 Å². The van der Waals surface area contributed by atoms with E-state index in [4.69, 9.17) is 25.8 Å². The number of nitrogens with one attached hydrogen (secondary N) is 1. The molecule has 1 fully saturated rings. The van der Waals surface area contributed by atoms with Gasteiger partial charge in [-0.05, 0) is 98.2 Å². The standard InChI is InChI=1S/C34H41ClN2O7S/c1-42-30-8-4-3-7-26(18-32(38)43-2)45(40,41)36-33(39)23-10-14-31-29(17-23)37(19-24-9-12-27(24)30)20-34(21-44-31)15-5-6-22-16-25(35)11-13-28(22)34/h4,8,10-11,13-14,16-17,24,26-27,30H,3,5-7,9,12,15,18-21H2,1-2H3,(H,36,39)/b8-4+/t24-,26-,27+,30-,34-/m0/s1. The van der Waals surface area contributed by atoms with Crippen LogP contribution in [0.15, 0.2) is 48.6 Å². The molecule has 2 aliphatic heterocycles. The van der Waals surface area contributed by atoms with Crippen molar-refractivity contribution in [3.8, 4) is 5.75 Å². The van der Waals surface area contributed by atoms with Gasteiger partial charge in [-0.15, -0.1) is 0 Å². The number of rotatable bonds is 3. The first-order chi connectivity index (χ1) is 21.6. The number of allylic oxidation sites excluding steroid dienone is 1. The minimum absolute atomic E-state index is 0.118. The van der Waals surface area contributed by atoms with Gasteiger partial charge >= 0.3 is 5.97 Å². The summed E-state index contributed by atoms with van der Waals surface area (Å²) in [4.78, 5) is 28.0. The molecule has 1 amide bonds. The molecule has 5 atom stereocenters. The van der Waals surface area contributed by atoms with Crippen LogP contribution in [0.3, 0.4) is 0 Å². The average Bonchev–Trinajstić information content (AvgIpc) is 3.15. The van der Waals surface area contributed by atoms with Crippen LogP contribution in [-0.4, -0.2) is 65.6 Å². The Balaban J connectivity index is 1.41. The molecule has 6 rings (SSSR count). The summed E-state index contributed by atoms with van der Waals surface area (Å²) in [5.41, 5.74) is 3.20. The summed E-state index contributed by atoms with van der Waals surface area (Å²) in [5.74, 6) is -0.0829. The van der Waals surface area contributed by atoms with E-state index in [-0.39, 0.29) is 29.9 Å². The van der Waals surface area contributed by atoms with Crippen LogP contribution in [-0.2, 0) is 36.1 Å². The molecule has 2 aliphatic carbocycles. The lowest BCUT2D eigenvalue weighted by Gasteiger charge is -2.46. The number of methoxy groups -OCH3 is 2. The zero-order chi connectivity index (χ0) is 31.8. The van der Waals surface area contributed by atoms with Gasteiger partial charge in [0.25, 0.3) is 5.91 Å². The summed E-state index contributed by atoms with van der Waals surface area (Å²) in [7, 11) is -1.27. The fourth-order valence-electron chi connectivity index (χ4n) is 7.61. The predicted molar refractivity (Wildman–Crippen MR) is 172 cm³/mol. The van der Waals surface area contributed by atoms with E-state index in [1.54, 1.807) is 25.3 Å². The van der Waals surface area contributed by atoms with E-state index in [1.165, 1.54) is 18.2 Å². The Morgan fingerprint density at radius 1 is 1.16 bits per heavy atom. The largest absolute Gasteiger partial charge is 0.490 e. The molecule has 242 valence electrons. The number of amides is 1. The van der Waals surface area contributed by atoms with E-state index in [0.717, 1.165) is 49.4 Å². The van der Waals surface area contributed by atoms with Crippen molar-refractivity contribution in [3.05, 3.63) is 70.3 Å². The molecule has 1 saturated carbocycles. The number of nitrogens with zero attached hydrogens (tertiary/aromatic N) is 1. The Labute approximate surface area is 270 Å². The molecular formula is C34H41ClN2O7S. The number of anilines is 1. The maximum Gasteiger partial charge on any atom is 0.306 e. The number of esters is 1. The molecule has 0 radical (unpaired) electrons. The molecule has 0 unspecified atom stereocenters. The zero-order valence-electron chi connectivity index (χ0n) is 25.8. The van der Waals surface area contributed by atoms with Crippen molar-refractivity contribution in [2.24, 2.45) is 11.8 Å². The number of carbonyl (C=O) groups is 2. The topological polar surface area (TPSA) is 111 Å². The molecule has 0 aromatic heterocycles. The molecule has 2 aromatic carbocycles. The number of carbonyl (C=O) groups excluding carboxylic acids is 2.